The van der Waals surface area contributed by atoms with Gasteiger partial charge in [0.2, 0.25) is 0 Å². The minimum Gasteiger partial charge on any atom is -0.294 e. The summed E-state index contributed by atoms with van der Waals surface area (Å²) in [6, 6.07) is 30.0. The first kappa shape index (κ1) is 16.9. The zero-order valence-corrected chi connectivity index (χ0v) is 14.3. The van der Waals surface area contributed by atoms with Crippen LogP contribution >= 0.6 is 0 Å². The van der Waals surface area contributed by atoms with Crippen LogP contribution in [0.5, 0.6) is 0 Å². The van der Waals surface area contributed by atoms with Crippen LogP contribution in [-0.2, 0) is 0 Å². The van der Waals surface area contributed by atoms with Crippen LogP contribution in [0.4, 0.5) is 0 Å². The highest BCUT2D eigenvalue weighted by atomic mass is 16.1. The van der Waals surface area contributed by atoms with Gasteiger partial charge in [0.15, 0.2) is 5.78 Å². The van der Waals surface area contributed by atoms with E-state index < -0.39 is 0 Å². The second kappa shape index (κ2) is 8.25. The molecule has 1 nitrogen and oxygen atoms in total. The maximum absolute atomic E-state index is 12.7. The molecule has 0 saturated heterocycles. The quantitative estimate of drug-likeness (QED) is 0.476. The topological polar surface area (TPSA) is 17.1 Å². The molecule has 3 rings (SSSR count). The van der Waals surface area contributed by atoms with E-state index in [0.717, 1.165) is 23.1 Å². The van der Waals surface area contributed by atoms with Gasteiger partial charge in [-0.05, 0) is 29.0 Å². The number of carbonyl (C=O) groups is 1. The first-order chi connectivity index (χ1) is 12.2. The van der Waals surface area contributed by atoms with Gasteiger partial charge in [-0.3, -0.25) is 4.79 Å². The van der Waals surface area contributed by atoms with Crippen molar-refractivity contribution in [1.82, 2.24) is 0 Å². The highest BCUT2D eigenvalue weighted by Crippen LogP contribution is 2.31. The molecule has 3 aromatic rings. The molecule has 0 aliphatic rings. The fraction of sp³-hybridized carbons (Fsp3) is 0.125. The van der Waals surface area contributed by atoms with Crippen molar-refractivity contribution < 1.29 is 4.79 Å². The van der Waals surface area contributed by atoms with Crippen LogP contribution in [-0.4, -0.2) is 5.78 Å². The summed E-state index contributed by atoms with van der Waals surface area (Å²) in [7, 11) is 0. The minimum absolute atomic E-state index is 0.126. The zero-order chi connectivity index (χ0) is 17.5. The number of allylic oxidation sites excluding steroid dienone is 1. The van der Waals surface area contributed by atoms with Gasteiger partial charge in [0.05, 0.1) is 0 Å². The summed E-state index contributed by atoms with van der Waals surface area (Å²) in [6.07, 6.45) is 1.26. The van der Waals surface area contributed by atoms with E-state index in [2.05, 4.69) is 30.8 Å². The first-order valence-corrected chi connectivity index (χ1v) is 8.60. The van der Waals surface area contributed by atoms with Gasteiger partial charge < -0.3 is 0 Å². The molecular weight excluding hydrogens is 304 g/mol. The standard InChI is InChI=1S/C24H22O/c1-19(20-11-5-2-6-12-20)17-23(21-13-7-3-8-14-21)18-24(25)22-15-9-4-10-16-22/h2-16,23H,1,17-18H2/t23-/m1/s1. The Morgan fingerprint density at radius 2 is 1.16 bits per heavy atom. The summed E-state index contributed by atoms with van der Waals surface area (Å²) in [5, 5.41) is 0. The van der Waals surface area contributed by atoms with Crippen LogP contribution in [0.1, 0.15) is 40.2 Å². The summed E-state index contributed by atoms with van der Waals surface area (Å²) in [4.78, 5) is 12.7. The molecule has 0 radical (unpaired) electrons. The molecule has 0 aromatic heterocycles. The lowest BCUT2D eigenvalue weighted by Crippen LogP contribution is -2.08. The number of hydrogen-bond donors (Lipinski definition) is 0. The van der Waals surface area contributed by atoms with Gasteiger partial charge in [0.25, 0.3) is 0 Å². The molecule has 0 N–H and O–H groups in total. The van der Waals surface area contributed by atoms with E-state index in [1.54, 1.807) is 0 Å². The molecule has 1 heteroatoms. The molecule has 25 heavy (non-hydrogen) atoms. The van der Waals surface area contributed by atoms with Crippen molar-refractivity contribution in [2.45, 2.75) is 18.8 Å². The monoisotopic (exact) mass is 326 g/mol. The Labute approximate surface area is 149 Å². The fourth-order valence-electron chi connectivity index (χ4n) is 3.09. The van der Waals surface area contributed by atoms with Crippen LogP contribution in [0.15, 0.2) is 97.6 Å². The predicted octanol–water partition coefficient (Wildman–Crippen LogP) is 6.15. The van der Waals surface area contributed by atoms with Gasteiger partial charge in [-0.2, -0.15) is 0 Å². The van der Waals surface area contributed by atoms with E-state index in [1.165, 1.54) is 5.56 Å². The molecular formula is C24H22O. The van der Waals surface area contributed by atoms with Gasteiger partial charge in [-0.15, -0.1) is 0 Å². The molecule has 0 heterocycles. The number of ketones is 1. The van der Waals surface area contributed by atoms with Crippen molar-refractivity contribution >= 4 is 11.4 Å². The summed E-state index contributed by atoms with van der Waals surface area (Å²) >= 11 is 0. The maximum atomic E-state index is 12.7. The Balaban J connectivity index is 1.81. The Morgan fingerprint density at radius 1 is 0.680 bits per heavy atom. The normalized spacial score (nSPS) is 11.7. The number of carbonyl (C=O) groups excluding carboxylic acids is 1. The summed E-state index contributed by atoms with van der Waals surface area (Å²) in [5.41, 5.74) is 4.16. The zero-order valence-electron chi connectivity index (χ0n) is 14.3. The van der Waals surface area contributed by atoms with E-state index >= 15 is 0 Å². The van der Waals surface area contributed by atoms with Gasteiger partial charge >= 0.3 is 0 Å². The molecule has 0 fully saturated rings. The Hall–Kier alpha value is -2.93. The highest BCUT2D eigenvalue weighted by molar-refractivity contribution is 5.96. The Kier molecular flexibility index (Phi) is 5.58. The molecule has 0 aliphatic carbocycles. The highest BCUT2D eigenvalue weighted by Gasteiger charge is 2.18. The molecule has 0 unspecified atom stereocenters. The average Bonchev–Trinajstić information content (AvgIpc) is 2.69. The first-order valence-electron chi connectivity index (χ1n) is 8.60. The van der Waals surface area contributed by atoms with Crippen molar-refractivity contribution in [2.75, 3.05) is 0 Å². The van der Waals surface area contributed by atoms with E-state index in [9.17, 15) is 4.79 Å². The second-order valence-electron chi connectivity index (χ2n) is 6.27. The van der Waals surface area contributed by atoms with Crippen LogP contribution in [0.3, 0.4) is 0 Å². The SMILES string of the molecule is C=C(C[C@H](CC(=O)c1ccccc1)c1ccccc1)c1ccccc1. The smallest absolute Gasteiger partial charge is 0.163 e. The van der Waals surface area contributed by atoms with Crippen molar-refractivity contribution in [3.63, 3.8) is 0 Å². The lowest BCUT2D eigenvalue weighted by Gasteiger charge is -2.18. The third kappa shape index (κ3) is 4.54. The lowest BCUT2D eigenvalue weighted by molar-refractivity contribution is 0.0974. The summed E-state index contributed by atoms with van der Waals surface area (Å²) in [5.74, 6) is 0.303. The molecule has 0 spiro atoms. The Bertz CT molecular complexity index is 766. The van der Waals surface area contributed by atoms with Crippen LogP contribution in [0.25, 0.3) is 5.57 Å². The van der Waals surface area contributed by atoms with Gasteiger partial charge in [-0.25, -0.2) is 0 Å². The van der Waals surface area contributed by atoms with E-state index in [1.807, 2.05) is 66.7 Å². The fourth-order valence-corrected chi connectivity index (χ4v) is 3.09. The van der Waals surface area contributed by atoms with Gasteiger partial charge in [0, 0.05) is 12.0 Å². The molecule has 3 aromatic carbocycles. The number of benzene rings is 3. The van der Waals surface area contributed by atoms with Gasteiger partial charge in [0.1, 0.15) is 0 Å². The molecule has 0 bridgehead atoms. The average molecular weight is 326 g/mol. The molecule has 1 atom stereocenters. The summed E-state index contributed by atoms with van der Waals surface area (Å²) in [6.45, 7) is 4.26. The van der Waals surface area contributed by atoms with Crippen LogP contribution in [0, 0.1) is 0 Å². The predicted molar refractivity (Wildman–Crippen MR) is 105 cm³/mol. The molecule has 124 valence electrons. The largest absolute Gasteiger partial charge is 0.294 e. The molecule has 0 amide bonds. The second-order valence-corrected chi connectivity index (χ2v) is 6.27. The van der Waals surface area contributed by atoms with E-state index in [-0.39, 0.29) is 11.7 Å². The summed E-state index contributed by atoms with van der Waals surface area (Å²) < 4.78 is 0. The third-order valence-electron chi connectivity index (χ3n) is 4.47. The lowest BCUT2D eigenvalue weighted by atomic mass is 9.85. The van der Waals surface area contributed by atoms with Crippen molar-refractivity contribution in [2.24, 2.45) is 0 Å². The van der Waals surface area contributed by atoms with Crippen molar-refractivity contribution in [3.8, 4) is 0 Å². The minimum atomic E-state index is 0.126. The number of hydrogen-bond acceptors (Lipinski definition) is 1. The molecule has 0 saturated carbocycles. The maximum Gasteiger partial charge on any atom is 0.163 e. The van der Waals surface area contributed by atoms with Crippen LogP contribution in [0.2, 0.25) is 0 Å². The van der Waals surface area contributed by atoms with Crippen molar-refractivity contribution in [3.05, 3.63) is 114 Å². The number of Topliss-reactive ketones (excluding diaryl/α,β-unsaturated/α-hetero) is 1. The van der Waals surface area contributed by atoms with Crippen molar-refractivity contribution in [1.29, 1.82) is 0 Å². The Morgan fingerprint density at radius 3 is 1.72 bits per heavy atom. The molecule has 0 aliphatic heterocycles. The van der Waals surface area contributed by atoms with E-state index in [0.29, 0.717) is 6.42 Å². The van der Waals surface area contributed by atoms with Crippen LogP contribution < -0.4 is 0 Å². The van der Waals surface area contributed by atoms with Gasteiger partial charge in [-0.1, -0.05) is 97.6 Å². The number of rotatable bonds is 7. The third-order valence-corrected chi connectivity index (χ3v) is 4.47. The van der Waals surface area contributed by atoms with E-state index in [4.69, 9.17) is 0 Å².